The highest BCUT2D eigenvalue weighted by molar-refractivity contribution is 5.98. The van der Waals surface area contributed by atoms with Crippen LogP contribution >= 0.6 is 0 Å². The molecule has 2 bridgehead atoms. The average Bonchev–Trinajstić information content (AvgIpc) is 3.34. The monoisotopic (exact) mass is 517 g/mol. The third-order valence-corrected chi connectivity index (χ3v) is 7.95. The molecule has 3 saturated carbocycles. The molecule has 0 radical (unpaired) electrons. The normalized spacial score (nSPS) is 20.4. The molecule has 0 saturated heterocycles. The summed E-state index contributed by atoms with van der Waals surface area (Å²) in [4.78, 5) is 17.9. The Morgan fingerprint density at radius 3 is 2.47 bits per heavy atom. The van der Waals surface area contributed by atoms with E-state index in [9.17, 15) is 24.2 Å². The molecule has 7 rings (SSSR count). The van der Waals surface area contributed by atoms with Crippen molar-refractivity contribution in [2.75, 3.05) is 5.32 Å². The molecule has 38 heavy (non-hydrogen) atoms. The first-order valence-corrected chi connectivity index (χ1v) is 12.5. The van der Waals surface area contributed by atoms with Crippen molar-refractivity contribution in [3.63, 3.8) is 0 Å². The van der Waals surface area contributed by atoms with Gasteiger partial charge < -0.3 is 10.3 Å². The molecule has 3 aliphatic rings. The fourth-order valence-corrected chi connectivity index (χ4v) is 6.06. The summed E-state index contributed by atoms with van der Waals surface area (Å²) in [5.74, 6) is -1.48. The number of hydrogen-bond acceptors (Lipinski definition) is 5. The van der Waals surface area contributed by atoms with Crippen molar-refractivity contribution in [1.29, 1.82) is 5.26 Å². The number of aromatic nitrogens is 2. The predicted molar refractivity (Wildman–Crippen MR) is 136 cm³/mol. The fourth-order valence-electron chi connectivity index (χ4n) is 6.06. The summed E-state index contributed by atoms with van der Waals surface area (Å²) < 4.78 is 44.8. The third-order valence-electron chi connectivity index (χ3n) is 7.95. The van der Waals surface area contributed by atoms with Crippen LogP contribution < -0.4 is 5.32 Å². The molecule has 4 aromatic rings. The Balaban J connectivity index is 1.57. The smallest absolute Gasteiger partial charge is 0.269 e. The van der Waals surface area contributed by atoms with Gasteiger partial charge in [-0.15, -0.1) is 0 Å². The SMILES string of the molecule is N#Cc1c(-c2c[nH]c3c(F)cc(F)cc23)nc(NC2CC3CCC2CC3)c(F)c1-c1ccc([N+](=O)[O-])cc1. The van der Waals surface area contributed by atoms with Crippen molar-refractivity contribution in [3.8, 4) is 28.5 Å². The minimum atomic E-state index is -0.806. The van der Waals surface area contributed by atoms with Crippen LogP contribution in [0.2, 0.25) is 0 Å². The van der Waals surface area contributed by atoms with Crippen molar-refractivity contribution in [2.24, 2.45) is 11.8 Å². The first kappa shape index (κ1) is 24.0. The van der Waals surface area contributed by atoms with Crippen LogP contribution in [-0.4, -0.2) is 20.9 Å². The van der Waals surface area contributed by atoms with Gasteiger partial charge in [0.15, 0.2) is 11.6 Å². The van der Waals surface area contributed by atoms with E-state index in [0.717, 1.165) is 44.2 Å². The standard InChI is InChI=1S/C28H22F3N5O2/c29-17-10-19-21(13-33-27(19)22(30)11-17)26-20(12-32)24(16-5-7-18(8-6-16)36(37)38)25(31)28(35-26)34-23-9-14-1-3-15(23)4-2-14/h5-8,10-11,13-15,23,33H,1-4,9H2,(H,34,35). The minimum absolute atomic E-state index is 0.00727. The molecule has 1 atom stereocenters. The number of pyridine rings is 1. The highest BCUT2D eigenvalue weighted by Crippen LogP contribution is 2.44. The summed E-state index contributed by atoms with van der Waals surface area (Å²) >= 11 is 0. The van der Waals surface area contributed by atoms with E-state index < -0.39 is 22.4 Å². The molecule has 2 aromatic carbocycles. The second kappa shape index (κ2) is 9.17. The Bertz CT molecular complexity index is 1620. The van der Waals surface area contributed by atoms with Crippen LogP contribution in [-0.2, 0) is 0 Å². The summed E-state index contributed by atoms with van der Waals surface area (Å²) in [6.07, 6.45) is 6.69. The Morgan fingerprint density at radius 1 is 1.11 bits per heavy atom. The van der Waals surface area contributed by atoms with E-state index in [-0.39, 0.29) is 56.4 Å². The molecule has 0 aliphatic heterocycles. The van der Waals surface area contributed by atoms with Gasteiger partial charge >= 0.3 is 0 Å². The van der Waals surface area contributed by atoms with Gasteiger partial charge in [-0.3, -0.25) is 10.1 Å². The van der Waals surface area contributed by atoms with Crippen molar-refractivity contribution in [1.82, 2.24) is 9.97 Å². The number of non-ortho nitro benzene ring substituents is 1. The molecule has 0 amide bonds. The molecule has 2 aromatic heterocycles. The predicted octanol–water partition coefficient (Wildman–Crippen LogP) is 7.08. The summed E-state index contributed by atoms with van der Waals surface area (Å²) in [5, 5.41) is 24.8. The van der Waals surface area contributed by atoms with Gasteiger partial charge in [0.1, 0.15) is 17.7 Å². The number of nitrogens with zero attached hydrogens (tertiary/aromatic N) is 3. The second-order valence-corrected chi connectivity index (χ2v) is 10.1. The number of nitro groups is 1. The largest absolute Gasteiger partial charge is 0.365 e. The lowest BCUT2D eigenvalue weighted by Crippen LogP contribution is -2.40. The number of H-pyrrole nitrogens is 1. The zero-order valence-electron chi connectivity index (χ0n) is 20.1. The Kier molecular flexibility index (Phi) is 5.79. The highest BCUT2D eigenvalue weighted by atomic mass is 19.1. The number of aromatic amines is 1. The second-order valence-electron chi connectivity index (χ2n) is 10.1. The Labute approximate surface area is 215 Å². The van der Waals surface area contributed by atoms with Gasteiger partial charge in [0.25, 0.3) is 5.69 Å². The number of hydrogen-bond donors (Lipinski definition) is 2. The Morgan fingerprint density at radius 2 is 1.84 bits per heavy atom. The van der Waals surface area contributed by atoms with Gasteiger partial charge in [-0.2, -0.15) is 5.26 Å². The van der Waals surface area contributed by atoms with Gasteiger partial charge in [0.2, 0.25) is 0 Å². The van der Waals surface area contributed by atoms with Gasteiger partial charge in [0, 0.05) is 47.0 Å². The number of fused-ring (bicyclic) bond motifs is 4. The summed E-state index contributed by atoms with van der Waals surface area (Å²) in [5.41, 5.74) is 0.181. The summed E-state index contributed by atoms with van der Waals surface area (Å²) in [6.45, 7) is 0. The van der Waals surface area contributed by atoms with Crippen LogP contribution in [0.25, 0.3) is 33.3 Å². The van der Waals surface area contributed by atoms with E-state index in [2.05, 4.69) is 15.3 Å². The number of nitrogens with one attached hydrogen (secondary N) is 2. The van der Waals surface area contributed by atoms with Crippen LogP contribution in [0.1, 0.15) is 37.7 Å². The van der Waals surface area contributed by atoms with Crippen LogP contribution in [0.5, 0.6) is 0 Å². The van der Waals surface area contributed by atoms with E-state index >= 15 is 4.39 Å². The number of benzene rings is 2. The molecular weight excluding hydrogens is 495 g/mol. The number of halogens is 3. The van der Waals surface area contributed by atoms with Crippen molar-refractivity contribution in [2.45, 2.75) is 38.1 Å². The molecule has 3 fully saturated rings. The zero-order chi connectivity index (χ0) is 26.6. The summed E-state index contributed by atoms with van der Waals surface area (Å²) in [7, 11) is 0. The zero-order valence-corrected chi connectivity index (χ0v) is 20.1. The van der Waals surface area contributed by atoms with E-state index in [1.54, 1.807) is 0 Å². The molecule has 0 spiro atoms. The first-order valence-electron chi connectivity index (χ1n) is 12.5. The van der Waals surface area contributed by atoms with E-state index in [4.69, 9.17) is 0 Å². The molecule has 7 nitrogen and oxygen atoms in total. The van der Waals surface area contributed by atoms with Crippen LogP contribution in [0.3, 0.4) is 0 Å². The van der Waals surface area contributed by atoms with Crippen molar-refractivity contribution < 1.29 is 18.1 Å². The molecular formula is C28H22F3N5O2. The quantitative estimate of drug-likeness (QED) is 0.217. The molecule has 2 heterocycles. The molecule has 3 aliphatic carbocycles. The van der Waals surface area contributed by atoms with E-state index in [0.29, 0.717) is 11.8 Å². The number of anilines is 1. The van der Waals surface area contributed by atoms with Gasteiger partial charge in [0.05, 0.1) is 21.7 Å². The maximum Gasteiger partial charge on any atom is 0.269 e. The van der Waals surface area contributed by atoms with Gasteiger partial charge in [-0.05, 0) is 54.9 Å². The molecule has 1 unspecified atom stereocenters. The topological polar surface area (TPSA) is 108 Å². The first-order chi connectivity index (χ1) is 18.3. The molecule has 10 heteroatoms. The number of nitro benzene ring substituents is 1. The lowest BCUT2D eigenvalue weighted by molar-refractivity contribution is -0.384. The van der Waals surface area contributed by atoms with E-state index in [1.807, 2.05) is 6.07 Å². The van der Waals surface area contributed by atoms with Crippen molar-refractivity contribution in [3.05, 3.63) is 75.7 Å². The maximum absolute atomic E-state index is 16.2. The Hall–Kier alpha value is -4.39. The highest BCUT2D eigenvalue weighted by Gasteiger charge is 2.36. The number of nitriles is 1. The summed E-state index contributed by atoms with van der Waals surface area (Å²) in [6, 6.07) is 9.13. The lowest BCUT2D eigenvalue weighted by Gasteiger charge is -2.43. The maximum atomic E-state index is 16.2. The third kappa shape index (κ3) is 3.95. The molecule has 192 valence electrons. The fraction of sp³-hybridized carbons (Fsp3) is 0.286. The number of rotatable bonds is 5. The van der Waals surface area contributed by atoms with Crippen LogP contribution in [0.4, 0.5) is 24.7 Å². The van der Waals surface area contributed by atoms with Gasteiger partial charge in [-0.25, -0.2) is 18.2 Å². The minimum Gasteiger partial charge on any atom is -0.365 e. The molecule has 2 N–H and O–H groups in total. The average molecular weight is 518 g/mol. The van der Waals surface area contributed by atoms with Crippen molar-refractivity contribution >= 4 is 22.4 Å². The van der Waals surface area contributed by atoms with Crippen LogP contribution in [0, 0.1) is 50.7 Å². The van der Waals surface area contributed by atoms with E-state index in [1.165, 1.54) is 30.5 Å². The lowest BCUT2D eigenvalue weighted by atomic mass is 9.68. The van der Waals surface area contributed by atoms with Crippen LogP contribution in [0.15, 0.2) is 42.6 Å². The van der Waals surface area contributed by atoms with Gasteiger partial charge in [-0.1, -0.05) is 12.8 Å².